The van der Waals surface area contributed by atoms with Crippen molar-refractivity contribution < 1.29 is 18.7 Å². The van der Waals surface area contributed by atoms with Crippen molar-refractivity contribution in [1.82, 2.24) is 10.3 Å². The van der Waals surface area contributed by atoms with Gasteiger partial charge in [0.25, 0.3) is 5.91 Å². The Morgan fingerprint density at radius 3 is 2.90 bits per heavy atom. The standard InChI is InChI=1S/C22H25N3O4/c1-3-28-18-8-4-6-16-14-19(29-20(16)18)15(2)24-22(26)17-7-5-9-23-21(17)25-10-12-27-13-11-25/h4-9,14-15H,3,10-13H2,1-2H3,(H,24,26). The number of carbonyl (C=O) groups excluding carboxylic acids is 1. The van der Waals surface area contributed by atoms with Crippen molar-refractivity contribution in [2.45, 2.75) is 19.9 Å². The summed E-state index contributed by atoms with van der Waals surface area (Å²) in [5, 5.41) is 3.98. The second-order valence-corrected chi connectivity index (χ2v) is 6.93. The third-order valence-corrected chi connectivity index (χ3v) is 4.94. The smallest absolute Gasteiger partial charge is 0.255 e. The predicted molar refractivity (Wildman–Crippen MR) is 111 cm³/mol. The summed E-state index contributed by atoms with van der Waals surface area (Å²) in [4.78, 5) is 19.5. The van der Waals surface area contributed by atoms with Crippen LogP contribution in [0.25, 0.3) is 11.0 Å². The number of pyridine rings is 1. The van der Waals surface area contributed by atoms with Gasteiger partial charge in [0, 0.05) is 24.7 Å². The summed E-state index contributed by atoms with van der Waals surface area (Å²) in [6, 6.07) is 11.0. The molecule has 1 N–H and O–H groups in total. The summed E-state index contributed by atoms with van der Waals surface area (Å²) in [5.41, 5.74) is 1.24. The molecule has 1 fully saturated rings. The van der Waals surface area contributed by atoms with Gasteiger partial charge in [-0.15, -0.1) is 0 Å². The minimum atomic E-state index is -0.304. The molecule has 1 aliphatic rings. The number of benzene rings is 1. The highest BCUT2D eigenvalue weighted by atomic mass is 16.5. The average Bonchev–Trinajstić information content (AvgIpc) is 3.20. The molecule has 0 aliphatic carbocycles. The number of morpholine rings is 1. The first-order valence-electron chi connectivity index (χ1n) is 9.91. The van der Waals surface area contributed by atoms with Gasteiger partial charge >= 0.3 is 0 Å². The fourth-order valence-electron chi connectivity index (χ4n) is 3.49. The normalized spacial score (nSPS) is 15.3. The number of nitrogens with one attached hydrogen (secondary N) is 1. The molecule has 0 spiro atoms. The summed E-state index contributed by atoms with van der Waals surface area (Å²) >= 11 is 0. The Bertz CT molecular complexity index is 995. The van der Waals surface area contributed by atoms with Crippen LogP contribution in [0, 0.1) is 0 Å². The van der Waals surface area contributed by atoms with Crippen LogP contribution >= 0.6 is 0 Å². The predicted octanol–water partition coefficient (Wildman–Crippen LogP) is 3.55. The van der Waals surface area contributed by atoms with Crippen molar-refractivity contribution in [2.75, 3.05) is 37.8 Å². The average molecular weight is 395 g/mol. The molecule has 3 heterocycles. The van der Waals surface area contributed by atoms with Gasteiger partial charge in [0.05, 0.1) is 31.4 Å². The summed E-state index contributed by atoms with van der Waals surface area (Å²) in [6.07, 6.45) is 1.71. The van der Waals surface area contributed by atoms with Crippen LogP contribution in [-0.4, -0.2) is 43.8 Å². The first-order valence-corrected chi connectivity index (χ1v) is 9.91. The lowest BCUT2D eigenvalue weighted by atomic mass is 10.1. The number of hydrogen-bond acceptors (Lipinski definition) is 6. The first-order chi connectivity index (χ1) is 14.2. The van der Waals surface area contributed by atoms with Crippen LogP contribution in [0.15, 0.2) is 47.0 Å². The van der Waals surface area contributed by atoms with E-state index in [1.165, 1.54) is 0 Å². The Kier molecular flexibility index (Phi) is 5.67. The molecule has 1 saturated heterocycles. The minimum Gasteiger partial charge on any atom is -0.490 e. The monoisotopic (exact) mass is 395 g/mol. The number of amides is 1. The molecule has 1 atom stereocenters. The number of aromatic nitrogens is 1. The molecule has 1 amide bonds. The number of hydrogen-bond donors (Lipinski definition) is 1. The Balaban J connectivity index is 1.55. The van der Waals surface area contributed by atoms with E-state index in [4.69, 9.17) is 13.9 Å². The summed E-state index contributed by atoms with van der Waals surface area (Å²) < 4.78 is 17.1. The van der Waals surface area contributed by atoms with Crippen LogP contribution in [0.3, 0.4) is 0 Å². The topological polar surface area (TPSA) is 76.8 Å². The van der Waals surface area contributed by atoms with Crippen molar-refractivity contribution in [3.8, 4) is 5.75 Å². The highest BCUT2D eigenvalue weighted by Crippen LogP contribution is 2.31. The number of para-hydroxylation sites is 1. The zero-order chi connectivity index (χ0) is 20.2. The zero-order valence-corrected chi connectivity index (χ0v) is 16.7. The number of fused-ring (bicyclic) bond motifs is 1. The number of nitrogens with zero attached hydrogens (tertiary/aromatic N) is 2. The van der Waals surface area contributed by atoms with Crippen molar-refractivity contribution in [1.29, 1.82) is 0 Å². The largest absolute Gasteiger partial charge is 0.490 e. The molecular weight excluding hydrogens is 370 g/mol. The van der Waals surface area contributed by atoms with E-state index >= 15 is 0 Å². The molecule has 1 aromatic carbocycles. The van der Waals surface area contributed by atoms with Gasteiger partial charge in [-0.2, -0.15) is 0 Å². The second-order valence-electron chi connectivity index (χ2n) is 6.93. The van der Waals surface area contributed by atoms with Gasteiger partial charge in [-0.3, -0.25) is 4.79 Å². The van der Waals surface area contributed by atoms with Crippen molar-refractivity contribution in [3.63, 3.8) is 0 Å². The third-order valence-electron chi connectivity index (χ3n) is 4.94. The quantitative estimate of drug-likeness (QED) is 0.688. The lowest BCUT2D eigenvalue weighted by Crippen LogP contribution is -2.38. The van der Waals surface area contributed by atoms with E-state index in [1.807, 2.05) is 38.1 Å². The van der Waals surface area contributed by atoms with Gasteiger partial charge in [0.1, 0.15) is 11.6 Å². The molecule has 7 heteroatoms. The fraction of sp³-hybridized carbons (Fsp3) is 0.364. The van der Waals surface area contributed by atoms with Gasteiger partial charge in [0.2, 0.25) is 0 Å². The van der Waals surface area contributed by atoms with E-state index in [9.17, 15) is 4.79 Å². The van der Waals surface area contributed by atoms with Crippen molar-refractivity contribution in [2.24, 2.45) is 0 Å². The van der Waals surface area contributed by atoms with Gasteiger partial charge in [-0.05, 0) is 38.1 Å². The number of furan rings is 1. The first kappa shape index (κ1) is 19.3. The van der Waals surface area contributed by atoms with Crippen LogP contribution in [0.1, 0.15) is 36.0 Å². The van der Waals surface area contributed by atoms with Crippen LogP contribution in [0.2, 0.25) is 0 Å². The zero-order valence-electron chi connectivity index (χ0n) is 16.7. The highest BCUT2D eigenvalue weighted by Gasteiger charge is 2.22. The Hall–Kier alpha value is -3.06. The van der Waals surface area contributed by atoms with Crippen LogP contribution in [-0.2, 0) is 4.74 Å². The van der Waals surface area contributed by atoms with E-state index in [2.05, 4.69) is 15.2 Å². The van der Waals surface area contributed by atoms with Gasteiger partial charge in [0.15, 0.2) is 11.3 Å². The molecule has 152 valence electrons. The number of anilines is 1. The maximum Gasteiger partial charge on any atom is 0.255 e. The Labute approximate surface area is 169 Å². The Morgan fingerprint density at radius 1 is 1.28 bits per heavy atom. The molecule has 1 unspecified atom stereocenters. The van der Waals surface area contributed by atoms with E-state index in [0.29, 0.717) is 48.3 Å². The molecule has 1 aliphatic heterocycles. The summed E-state index contributed by atoms with van der Waals surface area (Å²) in [7, 11) is 0. The minimum absolute atomic E-state index is 0.183. The lowest BCUT2D eigenvalue weighted by molar-refractivity contribution is 0.0934. The number of rotatable bonds is 6. The molecule has 0 radical (unpaired) electrons. The number of ether oxygens (including phenoxy) is 2. The van der Waals surface area contributed by atoms with E-state index in [0.717, 1.165) is 18.5 Å². The summed E-state index contributed by atoms with van der Waals surface area (Å²) in [6.45, 7) is 7.11. The van der Waals surface area contributed by atoms with E-state index in [1.54, 1.807) is 18.3 Å². The molecular formula is C22H25N3O4. The Morgan fingerprint density at radius 2 is 2.10 bits per heavy atom. The molecule has 0 bridgehead atoms. The van der Waals surface area contributed by atoms with Crippen LogP contribution < -0.4 is 15.0 Å². The van der Waals surface area contributed by atoms with Crippen molar-refractivity contribution >= 4 is 22.7 Å². The van der Waals surface area contributed by atoms with Gasteiger partial charge in [-0.1, -0.05) is 12.1 Å². The van der Waals surface area contributed by atoms with Gasteiger partial charge in [-0.25, -0.2) is 4.98 Å². The maximum atomic E-state index is 13.0. The highest BCUT2D eigenvalue weighted by molar-refractivity contribution is 5.99. The summed E-state index contributed by atoms with van der Waals surface area (Å²) in [5.74, 6) is 1.88. The molecule has 7 nitrogen and oxygen atoms in total. The van der Waals surface area contributed by atoms with Crippen LogP contribution in [0.4, 0.5) is 5.82 Å². The molecule has 3 aromatic rings. The lowest BCUT2D eigenvalue weighted by Gasteiger charge is -2.29. The van der Waals surface area contributed by atoms with E-state index in [-0.39, 0.29) is 11.9 Å². The molecule has 2 aromatic heterocycles. The number of carbonyl (C=O) groups is 1. The SMILES string of the molecule is CCOc1cccc2cc(C(C)NC(=O)c3cccnc3N3CCOCC3)oc12. The van der Waals surface area contributed by atoms with Gasteiger partial charge < -0.3 is 24.1 Å². The third kappa shape index (κ3) is 4.05. The molecule has 4 rings (SSSR count). The van der Waals surface area contributed by atoms with Crippen LogP contribution in [0.5, 0.6) is 5.75 Å². The van der Waals surface area contributed by atoms with E-state index < -0.39 is 0 Å². The van der Waals surface area contributed by atoms with Crippen molar-refractivity contribution in [3.05, 3.63) is 53.9 Å². The maximum absolute atomic E-state index is 13.0. The second kappa shape index (κ2) is 8.53. The fourth-order valence-corrected chi connectivity index (χ4v) is 3.49. The molecule has 29 heavy (non-hydrogen) atoms. The molecule has 0 saturated carbocycles.